The first-order valence-electron chi connectivity index (χ1n) is 5.64. The molecule has 2 unspecified atom stereocenters. The number of carboxylic acid groups (broad SMARTS) is 1. The van der Waals surface area contributed by atoms with E-state index >= 15 is 0 Å². The van der Waals surface area contributed by atoms with Gasteiger partial charge in [0.25, 0.3) is 0 Å². The van der Waals surface area contributed by atoms with Crippen LogP contribution < -0.4 is 5.32 Å². The Morgan fingerprint density at radius 2 is 2.22 bits per heavy atom. The van der Waals surface area contributed by atoms with Crippen molar-refractivity contribution in [2.45, 2.75) is 25.0 Å². The van der Waals surface area contributed by atoms with Crippen molar-refractivity contribution in [3.05, 3.63) is 29.8 Å². The van der Waals surface area contributed by atoms with Gasteiger partial charge in [-0.2, -0.15) is 0 Å². The number of anilines is 1. The van der Waals surface area contributed by atoms with Gasteiger partial charge in [-0.05, 0) is 25.0 Å². The smallest absolute Gasteiger partial charge is 0.332 e. The van der Waals surface area contributed by atoms with E-state index in [1.165, 1.54) is 12.1 Å². The Balaban J connectivity index is 1.89. The van der Waals surface area contributed by atoms with Gasteiger partial charge in [0.2, 0.25) is 0 Å². The SMILES string of the molecule is O=C(O)C1CCC(CNc2cccc(F)c2F)O1. The predicted octanol–water partition coefficient (Wildman–Crippen LogP) is 2.01. The van der Waals surface area contributed by atoms with E-state index in [2.05, 4.69) is 5.32 Å². The summed E-state index contributed by atoms with van der Waals surface area (Å²) in [6.45, 7) is 0.254. The molecule has 0 spiro atoms. The molecule has 0 bridgehead atoms. The minimum absolute atomic E-state index is 0.0531. The van der Waals surface area contributed by atoms with Gasteiger partial charge < -0.3 is 15.2 Å². The Morgan fingerprint density at radius 1 is 1.44 bits per heavy atom. The molecule has 0 radical (unpaired) electrons. The molecule has 0 aliphatic carbocycles. The van der Waals surface area contributed by atoms with Gasteiger partial charge in [-0.15, -0.1) is 0 Å². The van der Waals surface area contributed by atoms with Crippen molar-refractivity contribution in [1.29, 1.82) is 0 Å². The summed E-state index contributed by atoms with van der Waals surface area (Å²) in [5.74, 6) is -2.85. The van der Waals surface area contributed by atoms with E-state index in [1.807, 2.05) is 0 Å². The number of hydrogen-bond donors (Lipinski definition) is 2. The van der Waals surface area contributed by atoms with Crippen molar-refractivity contribution in [2.75, 3.05) is 11.9 Å². The van der Waals surface area contributed by atoms with Crippen LogP contribution in [0.15, 0.2) is 18.2 Å². The summed E-state index contributed by atoms with van der Waals surface area (Å²) in [7, 11) is 0. The summed E-state index contributed by atoms with van der Waals surface area (Å²) in [6.07, 6.45) is -0.0725. The van der Waals surface area contributed by atoms with Crippen molar-refractivity contribution in [1.82, 2.24) is 0 Å². The van der Waals surface area contributed by atoms with Gasteiger partial charge in [0, 0.05) is 6.54 Å². The second kappa shape index (κ2) is 5.30. The molecule has 1 fully saturated rings. The molecule has 0 saturated carbocycles. The van der Waals surface area contributed by atoms with Crippen LogP contribution in [0.2, 0.25) is 0 Å². The number of halogens is 2. The summed E-state index contributed by atoms with van der Waals surface area (Å²) >= 11 is 0. The summed E-state index contributed by atoms with van der Waals surface area (Å²) in [6, 6.07) is 3.85. The Bertz CT molecular complexity index is 453. The molecule has 2 rings (SSSR count). The molecule has 1 aromatic rings. The highest BCUT2D eigenvalue weighted by atomic mass is 19.2. The maximum atomic E-state index is 13.3. The highest BCUT2D eigenvalue weighted by molar-refractivity contribution is 5.72. The fraction of sp³-hybridized carbons (Fsp3) is 0.417. The molecular formula is C12H13F2NO3. The quantitative estimate of drug-likeness (QED) is 0.866. The second-order valence-electron chi connectivity index (χ2n) is 4.14. The molecule has 1 aromatic carbocycles. The molecule has 2 N–H and O–H groups in total. The Hall–Kier alpha value is -1.69. The fourth-order valence-electron chi connectivity index (χ4n) is 1.90. The number of hydrogen-bond acceptors (Lipinski definition) is 3. The van der Waals surface area contributed by atoms with E-state index in [4.69, 9.17) is 9.84 Å². The van der Waals surface area contributed by atoms with Crippen LogP contribution in [0, 0.1) is 11.6 Å². The molecule has 98 valence electrons. The van der Waals surface area contributed by atoms with Crippen molar-refractivity contribution < 1.29 is 23.4 Å². The Morgan fingerprint density at radius 3 is 2.89 bits per heavy atom. The minimum atomic E-state index is -0.991. The van der Waals surface area contributed by atoms with E-state index in [1.54, 1.807) is 0 Å². The largest absolute Gasteiger partial charge is 0.479 e. The average molecular weight is 257 g/mol. The van der Waals surface area contributed by atoms with E-state index < -0.39 is 23.7 Å². The first kappa shape index (κ1) is 12.8. The fourth-order valence-corrected chi connectivity index (χ4v) is 1.90. The van der Waals surface area contributed by atoms with Gasteiger partial charge in [-0.25, -0.2) is 13.6 Å². The number of carboxylic acids is 1. The molecule has 0 aromatic heterocycles. The van der Waals surface area contributed by atoms with Crippen LogP contribution in [0.25, 0.3) is 0 Å². The number of ether oxygens (including phenoxy) is 1. The van der Waals surface area contributed by atoms with Gasteiger partial charge in [0.05, 0.1) is 11.8 Å². The van der Waals surface area contributed by atoms with Crippen molar-refractivity contribution >= 4 is 11.7 Å². The third kappa shape index (κ3) is 2.76. The molecular weight excluding hydrogens is 244 g/mol. The molecule has 1 saturated heterocycles. The standard InChI is InChI=1S/C12H13F2NO3/c13-8-2-1-3-9(11(8)14)15-6-7-4-5-10(18-7)12(16)17/h1-3,7,10,15H,4-6H2,(H,16,17). The van der Waals surface area contributed by atoms with Crippen LogP contribution >= 0.6 is 0 Å². The van der Waals surface area contributed by atoms with E-state index in [-0.39, 0.29) is 18.3 Å². The predicted molar refractivity (Wildman–Crippen MR) is 60.4 cm³/mol. The second-order valence-corrected chi connectivity index (χ2v) is 4.14. The summed E-state index contributed by atoms with van der Waals surface area (Å²) in [4.78, 5) is 10.7. The van der Waals surface area contributed by atoms with Crippen LogP contribution in [0.4, 0.5) is 14.5 Å². The molecule has 2 atom stereocenters. The molecule has 1 aliphatic heterocycles. The lowest BCUT2D eigenvalue weighted by Crippen LogP contribution is -2.24. The normalized spacial score (nSPS) is 23.0. The van der Waals surface area contributed by atoms with E-state index in [9.17, 15) is 13.6 Å². The first-order chi connectivity index (χ1) is 8.58. The van der Waals surface area contributed by atoms with Gasteiger partial charge in [0.15, 0.2) is 17.7 Å². The zero-order chi connectivity index (χ0) is 13.1. The third-order valence-electron chi connectivity index (χ3n) is 2.85. The topological polar surface area (TPSA) is 58.6 Å². The molecule has 6 heteroatoms. The van der Waals surface area contributed by atoms with Crippen LogP contribution in [0.3, 0.4) is 0 Å². The van der Waals surface area contributed by atoms with Gasteiger partial charge >= 0.3 is 5.97 Å². The summed E-state index contributed by atoms with van der Waals surface area (Å²) in [5, 5.41) is 11.5. The van der Waals surface area contributed by atoms with Crippen molar-refractivity contribution in [3.8, 4) is 0 Å². The molecule has 0 amide bonds. The number of rotatable bonds is 4. The summed E-state index contributed by atoms with van der Waals surface area (Å²) in [5.41, 5.74) is 0.0531. The van der Waals surface area contributed by atoms with Crippen LogP contribution in [-0.4, -0.2) is 29.8 Å². The summed E-state index contributed by atoms with van der Waals surface area (Å²) < 4.78 is 31.5. The lowest BCUT2D eigenvalue weighted by Gasteiger charge is -2.13. The van der Waals surface area contributed by atoms with Crippen LogP contribution in [0.5, 0.6) is 0 Å². The lowest BCUT2D eigenvalue weighted by molar-refractivity contribution is -0.149. The molecule has 4 nitrogen and oxygen atoms in total. The van der Waals surface area contributed by atoms with Gasteiger partial charge in [-0.3, -0.25) is 0 Å². The van der Waals surface area contributed by atoms with E-state index in [0.717, 1.165) is 6.07 Å². The number of aliphatic carboxylic acids is 1. The zero-order valence-corrected chi connectivity index (χ0v) is 9.53. The van der Waals surface area contributed by atoms with Crippen LogP contribution in [0.1, 0.15) is 12.8 Å². The highest BCUT2D eigenvalue weighted by Gasteiger charge is 2.30. The van der Waals surface area contributed by atoms with Gasteiger partial charge in [-0.1, -0.05) is 6.07 Å². The molecule has 1 aliphatic rings. The highest BCUT2D eigenvalue weighted by Crippen LogP contribution is 2.22. The van der Waals surface area contributed by atoms with Crippen molar-refractivity contribution in [3.63, 3.8) is 0 Å². The number of benzene rings is 1. The third-order valence-corrected chi connectivity index (χ3v) is 2.85. The average Bonchev–Trinajstić information content (AvgIpc) is 2.80. The lowest BCUT2D eigenvalue weighted by atomic mass is 10.2. The van der Waals surface area contributed by atoms with E-state index in [0.29, 0.717) is 12.8 Å². The maximum Gasteiger partial charge on any atom is 0.332 e. The zero-order valence-electron chi connectivity index (χ0n) is 9.53. The minimum Gasteiger partial charge on any atom is -0.479 e. The first-order valence-corrected chi connectivity index (χ1v) is 5.64. The number of nitrogens with one attached hydrogen (secondary N) is 1. The van der Waals surface area contributed by atoms with Crippen molar-refractivity contribution in [2.24, 2.45) is 0 Å². The number of carbonyl (C=O) groups is 1. The Labute approximate surface area is 103 Å². The molecule has 1 heterocycles. The van der Waals surface area contributed by atoms with Crippen LogP contribution in [-0.2, 0) is 9.53 Å². The molecule has 18 heavy (non-hydrogen) atoms. The van der Waals surface area contributed by atoms with Gasteiger partial charge in [0.1, 0.15) is 0 Å². The maximum absolute atomic E-state index is 13.3. The Kier molecular flexibility index (Phi) is 3.76. The monoisotopic (exact) mass is 257 g/mol.